The first-order valence-electron chi connectivity index (χ1n) is 12.2. The Kier molecular flexibility index (Phi) is 6.03. The third-order valence-corrected chi connectivity index (χ3v) is 6.50. The summed E-state index contributed by atoms with van der Waals surface area (Å²) in [6.45, 7) is -0.478. The molecule has 1 fully saturated rings. The molecule has 1 saturated carbocycles. The Hall–Kier alpha value is -4.66. The van der Waals surface area contributed by atoms with E-state index in [9.17, 15) is 18.0 Å². The monoisotopic (exact) mass is 513 g/mol. The van der Waals surface area contributed by atoms with E-state index in [2.05, 4.69) is 10.6 Å². The number of rotatable bonds is 7. The summed E-state index contributed by atoms with van der Waals surface area (Å²) < 4.78 is 43.0. The van der Waals surface area contributed by atoms with E-state index in [-0.39, 0.29) is 5.56 Å². The fourth-order valence-corrected chi connectivity index (χ4v) is 4.27. The number of nitrogens with zero attached hydrogens (tertiary/aromatic N) is 3. The lowest BCUT2D eigenvalue weighted by Crippen LogP contribution is -2.24. The predicted molar refractivity (Wildman–Crippen MR) is 138 cm³/mol. The van der Waals surface area contributed by atoms with Crippen molar-refractivity contribution in [3.63, 3.8) is 0 Å². The number of hydrogen-bond acceptors (Lipinski definition) is 4. The number of anilines is 2. The summed E-state index contributed by atoms with van der Waals surface area (Å²) in [6.07, 6.45) is 2.25. The molecular weight excluding hydrogens is 491 g/mol. The van der Waals surface area contributed by atoms with Crippen molar-refractivity contribution in [3.05, 3.63) is 113 Å². The number of halogens is 3. The van der Waals surface area contributed by atoms with Crippen molar-refractivity contribution in [2.75, 3.05) is 5.32 Å². The van der Waals surface area contributed by atoms with Gasteiger partial charge in [0, 0.05) is 47.0 Å². The molecule has 3 aromatic carbocycles. The molecule has 1 amide bonds. The molecule has 2 heterocycles. The molecule has 9 heteroatoms. The maximum atomic E-state index is 13.9. The maximum absolute atomic E-state index is 13.9. The number of hydrogen-bond donors (Lipinski definition) is 2. The molecule has 0 unspecified atom stereocenters. The molecule has 0 saturated heterocycles. The zero-order chi connectivity index (χ0) is 26.2. The number of amides is 1. The fourth-order valence-electron chi connectivity index (χ4n) is 4.27. The van der Waals surface area contributed by atoms with Crippen LogP contribution in [0.15, 0.2) is 78.9 Å². The van der Waals surface area contributed by atoms with Crippen LogP contribution in [0.3, 0.4) is 0 Å². The average molecular weight is 514 g/mol. The molecule has 0 atom stereocenters. The normalized spacial score (nSPS) is 13.0. The SMILES string of the molecule is O=C(NCc1c(F)ccc(F)c1F)c1ccc(Nc2cc(-c3ccccc3)nc3cc(C4CC4)nn23)cc1. The highest BCUT2D eigenvalue weighted by molar-refractivity contribution is 5.94. The van der Waals surface area contributed by atoms with E-state index >= 15 is 0 Å². The zero-order valence-corrected chi connectivity index (χ0v) is 20.1. The smallest absolute Gasteiger partial charge is 0.251 e. The molecular formula is C29H22F3N5O. The minimum Gasteiger partial charge on any atom is -0.348 e. The van der Waals surface area contributed by atoms with Crippen molar-refractivity contribution in [3.8, 4) is 11.3 Å². The first kappa shape index (κ1) is 23.7. The Morgan fingerprint density at radius 1 is 0.921 bits per heavy atom. The lowest BCUT2D eigenvalue weighted by Gasteiger charge is -2.12. The summed E-state index contributed by atoms with van der Waals surface area (Å²) in [7, 11) is 0. The van der Waals surface area contributed by atoms with Crippen molar-refractivity contribution in [2.24, 2.45) is 0 Å². The number of aromatic nitrogens is 3. The van der Waals surface area contributed by atoms with E-state index in [4.69, 9.17) is 10.1 Å². The largest absolute Gasteiger partial charge is 0.348 e. The molecule has 2 aromatic heterocycles. The van der Waals surface area contributed by atoms with Gasteiger partial charge in [0.15, 0.2) is 17.3 Å². The first-order chi connectivity index (χ1) is 18.5. The van der Waals surface area contributed by atoms with Gasteiger partial charge < -0.3 is 10.6 Å². The van der Waals surface area contributed by atoms with Gasteiger partial charge in [0.1, 0.15) is 11.6 Å². The summed E-state index contributed by atoms with van der Waals surface area (Å²) in [5.41, 5.74) is 4.00. The van der Waals surface area contributed by atoms with Crippen LogP contribution in [0.4, 0.5) is 24.7 Å². The van der Waals surface area contributed by atoms with Gasteiger partial charge >= 0.3 is 0 Å². The average Bonchev–Trinajstić information content (AvgIpc) is 3.70. The Labute approximate surface area is 216 Å². The minimum absolute atomic E-state index is 0.285. The predicted octanol–water partition coefficient (Wildman–Crippen LogP) is 6.36. The van der Waals surface area contributed by atoms with Crippen molar-refractivity contribution in [1.29, 1.82) is 0 Å². The molecule has 2 N–H and O–H groups in total. The van der Waals surface area contributed by atoms with E-state index in [0.717, 1.165) is 47.3 Å². The van der Waals surface area contributed by atoms with E-state index in [1.807, 2.05) is 42.5 Å². The zero-order valence-electron chi connectivity index (χ0n) is 20.1. The van der Waals surface area contributed by atoms with Gasteiger partial charge in [-0.3, -0.25) is 4.79 Å². The molecule has 6 rings (SSSR count). The molecule has 6 nitrogen and oxygen atoms in total. The second-order valence-electron chi connectivity index (χ2n) is 9.21. The highest BCUT2D eigenvalue weighted by Crippen LogP contribution is 2.40. The fraction of sp³-hybridized carbons (Fsp3) is 0.138. The van der Waals surface area contributed by atoms with Gasteiger partial charge in [-0.15, -0.1) is 0 Å². The number of carbonyl (C=O) groups is 1. The third-order valence-electron chi connectivity index (χ3n) is 6.50. The van der Waals surface area contributed by atoms with Gasteiger partial charge in [-0.25, -0.2) is 18.2 Å². The van der Waals surface area contributed by atoms with E-state index in [1.165, 1.54) is 0 Å². The van der Waals surface area contributed by atoms with Crippen molar-refractivity contribution in [1.82, 2.24) is 19.9 Å². The molecule has 0 radical (unpaired) electrons. The Morgan fingerprint density at radius 2 is 1.66 bits per heavy atom. The summed E-state index contributed by atoms with van der Waals surface area (Å²) in [4.78, 5) is 17.4. The van der Waals surface area contributed by atoms with Gasteiger partial charge in [0.25, 0.3) is 5.91 Å². The Balaban J connectivity index is 1.23. The lowest BCUT2D eigenvalue weighted by atomic mass is 10.1. The van der Waals surface area contributed by atoms with Crippen molar-refractivity contribution >= 4 is 23.1 Å². The van der Waals surface area contributed by atoms with Gasteiger partial charge in [0.2, 0.25) is 0 Å². The van der Waals surface area contributed by atoms with Crippen LogP contribution in [0.5, 0.6) is 0 Å². The number of nitrogens with one attached hydrogen (secondary N) is 2. The number of fused-ring (bicyclic) bond motifs is 1. The van der Waals surface area contributed by atoms with Gasteiger partial charge in [-0.05, 0) is 49.2 Å². The summed E-state index contributed by atoms with van der Waals surface area (Å²) >= 11 is 0. The van der Waals surface area contributed by atoms with Crippen LogP contribution >= 0.6 is 0 Å². The van der Waals surface area contributed by atoms with Crippen LogP contribution in [-0.2, 0) is 6.54 Å². The molecule has 5 aromatic rings. The van der Waals surface area contributed by atoms with Gasteiger partial charge in [0.05, 0.1) is 11.4 Å². The first-order valence-corrected chi connectivity index (χ1v) is 12.2. The van der Waals surface area contributed by atoms with E-state index in [1.54, 1.807) is 28.8 Å². The Bertz CT molecular complexity index is 1650. The highest BCUT2D eigenvalue weighted by atomic mass is 19.2. The molecule has 0 spiro atoms. The van der Waals surface area contributed by atoms with E-state index in [0.29, 0.717) is 17.7 Å². The van der Waals surface area contributed by atoms with Gasteiger partial charge in [-0.1, -0.05) is 30.3 Å². The van der Waals surface area contributed by atoms with Crippen LogP contribution in [0, 0.1) is 17.5 Å². The van der Waals surface area contributed by atoms with Gasteiger partial charge in [-0.2, -0.15) is 9.61 Å². The molecule has 1 aliphatic rings. The van der Waals surface area contributed by atoms with Crippen LogP contribution < -0.4 is 10.6 Å². The Morgan fingerprint density at radius 3 is 2.39 bits per heavy atom. The molecule has 190 valence electrons. The van der Waals surface area contributed by atoms with Crippen LogP contribution in [0.2, 0.25) is 0 Å². The minimum atomic E-state index is -1.31. The highest BCUT2D eigenvalue weighted by Gasteiger charge is 2.27. The van der Waals surface area contributed by atoms with Crippen LogP contribution in [0.1, 0.15) is 40.4 Å². The number of carbonyl (C=O) groups excluding carboxylic acids is 1. The van der Waals surface area contributed by atoms with Crippen molar-refractivity contribution in [2.45, 2.75) is 25.3 Å². The van der Waals surface area contributed by atoms with Crippen molar-refractivity contribution < 1.29 is 18.0 Å². The molecule has 1 aliphatic carbocycles. The van der Waals surface area contributed by atoms with Crippen LogP contribution in [0.25, 0.3) is 16.9 Å². The standard InChI is InChI=1S/C29H22F3N5O/c30-22-12-13-23(31)28(32)21(22)16-33-29(38)19-8-10-20(11-9-19)34-26-14-24(17-4-2-1-3-5-17)35-27-15-25(18-6-7-18)36-37(26)27/h1-5,8-15,18,34H,6-7,16H2,(H,33,38). The van der Waals surface area contributed by atoms with E-state index < -0.39 is 35.5 Å². The second kappa shape index (κ2) is 9.66. The topological polar surface area (TPSA) is 71.3 Å². The summed E-state index contributed by atoms with van der Waals surface area (Å²) in [6, 6.07) is 22.0. The maximum Gasteiger partial charge on any atom is 0.251 e. The molecule has 0 bridgehead atoms. The summed E-state index contributed by atoms with van der Waals surface area (Å²) in [5.74, 6) is -2.77. The summed E-state index contributed by atoms with van der Waals surface area (Å²) in [5, 5.41) is 10.6. The lowest BCUT2D eigenvalue weighted by molar-refractivity contribution is 0.0950. The quantitative estimate of drug-likeness (QED) is 0.248. The third kappa shape index (κ3) is 4.70. The second-order valence-corrected chi connectivity index (χ2v) is 9.21. The number of benzene rings is 3. The molecule has 0 aliphatic heterocycles. The molecule has 38 heavy (non-hydrogen) atoms. The van der Waals surface area contributed by atoms with Crippen LogP contribution in [-0.4, -0.2) is 20.5 Å².